The maximum Gasteiger partial charge on any atom is 0.420 e. The number of hydrogen-bond acceptors (Lipinski definition) is 6. The molecule has 0 aliphatic heterocycles. The van der Waals surface area contributed by atoms with Gasteiger partial charge >= 0.3 is 6.18 Å². The van der Waals surface area contributed by atoms with E-state index in [9.17, 15) is 22.8 Å². The SMILES string of the molecule is COc1ccc(Oc2ccc(CNC(=O)C3(NC(=O)c4ccncc4)CC3)nc2)c(C(F)(F)F)c1. The number of ether oxygens (including phenoxy) is 2. The van der Waals surface area contributed by atoms with Crippen molar-refractivity contribution in [2.75, 3.05) is 7.11 Å². The van der Waals surface area contributed by atoms with Crippen molar-refractivity contribution in [3.63, 3.8) is 0 Å². The third-order valence-electron chi connectivity index (χ3n) is 5.43. The lowest BCUT2D eigenvalue weighted by Gasteiger charge is -2.17. The lowest BCUT2D eigenvalue weighted by molar-refractivity contribution is -0.138. The molecule has 0 radical (unpaired) electrons. The lowest BCUT2D eigenvalue weighted by atomic mass is 10.2. The Balaban J connectivity index is 1.36. The van der Waals surface area contributed by atoms with E-state index in [1.165, 1.54) is 50.0 Å². The molecule has 0 unspecified atom stereocenters. The standard InChI is InChI=1S/C24H21F3N4O4/c1-34-17-4-5-20(19(12-17)24(25,26)27)35-18-3-2-16(29-14-18)13-30-22(33)23(8-9-23)31-21(32)15-6-10-28-11-7-15/h2-7,10-12,14H,8-9,13H2,1H3,(H,30,33)(H,31,32). The Morgan fingerprint density at radius 2 is 1.77 bits per heavy atom. The first-order valence-corrected chi connectivity index (χ1v) is 10.6. The number of hydrogen-bond donors (Lipinski definition) is 2. The van der Waals surface area contributed by atoms with Crippen LogP contribution in [0.4, 0.5) is 13.2 Å². The Kier molecular flexibility index (Phi) is 6.59. The first-order valence-electron chi connectivity index (χ1n) is 10.6. The van der Waals surface area contributed by atoms with Crippen LogP contribution in [-0.2, 0) is 17.5 Å². The molecular formula is C24H21F3N4O4. The van der Waals surface area contributed by atoms with Crippen LogP contribution < -0.4 is 20.1 Å². The van der Waals surface area contributed by atoms with Gasteiger partial charge in [0, 0.05) is 18.0 Å². The third kappa shape index (κ3) is 5.68. The molecule has 2 amide bonds. The van der Waals surface area contributed by atoms with Gasteiger partial charge in [0.05, 0.1) is 25.5 Å². The van der Waals surface area contributed by atoms with Gasteiger partial charge in [-0.2, -0.15) is 13.2 Å². The van der Waals surface area contributed by atoms with E-state index in [-0.39, 0.29) is 35.6 Å². The van der Waals surface area contributed by atoms with Crippen LogP contribution in [-0.4, -0.2) is 34.4 Å². The number of carbonyl (C=O) groups is 2. The molecule has 0 atom stereocenters. The molecule has 2 heterocycles. The number of aromatic nitrogens is 2. The summed E-state index contributed by atoms with van der Waals surface area (Å²) in [5, 5.41) is 5.50. The minimum atomic E-state index is -4.63. The molecule has 2 N–H and O–H groups in total. The summed E-state index contributed by atoms with van der Waals surface area (Å²) in [7, 11) is 1.28. The largest absolute Gasteiger partial charge is 0.497 e. The van der Waals surface area contributed by atoms with Gasteiger partial charge in [-0.3, -0.25) is 19.6 Å². The van der Waals surface area contributed by atoms with Crippen molar-refractivity contribution in [2.24, 2.45) is 0 Å². The Morgan fingerprint density at radius 3 is 2.37 bits per heavy atom. The smallest absolute Gasteiger partial charge is 0.420 e. The molecule has 35 heavy (non-hydrogen) atoms. The van der Waals surface area contributed by atoms with Crippen LogP contribution in [0.2, 0.25) is 0 Å². The monoisotopic (exact) mass is 486 g/mol. The van der Waals surface area contributed by atoms with Crippen LogP contribution in [0.3, 0.4) is 0 Å². The zero-order valence-electron chi connectivity index (χ0n) is 18.6. The average molecular weight is 486 g/mol. The number of benzene rings is 1. The van der Waals surface area contributed by atoms with Gasteiger partial charge in [-0.1, -0.05) is 0 Å². The highest BCUT2D eigenvalue weighted by Crippen LogP contribution is 2.40. The molecule has 4 rings (SSSR count). The number of halogens is 3. The van der Waals surface area contributed by atoms with Gasteiger partial charge < -0.3 is 20.1 Å². The minimum absolute atomic E-state index is 0.0549. The molecule has 1 aliphatic carbocycles. The minimum Gasteiger partial charge on any atom is -0.497 e. The Morgan fingerprint density at radius 1 is 1.06 bits per heavy atom. The fourth-order valence-electron chi connectivity index (χ4n) is 3.32. The zero-order valence-corrected chi connectivity index (χ0v) is 18.6. The van der Waals surface area contributed by atoms with E-state index >= 15 is 0 Å². The van der Waals surface area contributed by atoms with Gasteiger partial charge in [0.1, 0.15) is 28.4 Å². The second-order valence-corrected chi connectivity index (χ2v) is 7.90. The van der Waals surface area contributed by atoms with Crippen molar-refractivity contribution in [3.8, 4) is 17.2 Å². The fraction of sp³-hybridized carbons (Fsp3) is 0.250. The zero-order chi connectivity index (χ0) is 25.1. The molecule has 11 heteroatoms. The number of methoxy groups -OCH3 is 1. The predicted octanol–water partition coefficient (Wildman–Crippen LogP) is 3.88. The predicted molar refractivity (Wildman–Crippen MR) is 118 cm³/mol. The van der Waals surface area contributed by atoms with E-state index in [4.69, 9.17) is 9.47 Å². The number of rotatable bonds is 8. The molecule has 0 bridgehead atoms. The Bertz CT molecular complexity index is 1210. The molecule has 1 aromatic carbocycles. The van der Waals surface area contributed by atoms with Crippen LogP contribution >= 0.6 is 0 Å². The van der Waals surface area contributed by atoms with E-state index < -0.39 is 17.3 Å². The molecule has 3 aromatic rings. The van der Waals surface area contributed by atoms with Crippen LogP contribution in [0.15, 0.2) is 61.1 Å². The summed E-state index contributed by atoms with van der Waals surface area (Å²) >= 11 is 0. The summed E-state index contributed by atoms with van der Waals surface area (Å²) in [4.78, 5) is 33.0. The van der Waals surface area contributed by atoms with Gasteiger partial charge in [-0.05, 0) is 55.3 Å². The maximum absolute atomic E-state index is 13.4. The second-order valence-electron chi connectivity index (χ2n) is 7.90. The van der Waals surface area contributed by atoms with Crippen molar-refractivity contribution in [3.05, 3.63) is 77.9 Å². The molecule has 8 nitrogen and oxygen atoms in total. The van der Waals surface area contributed by atoms with Gasteiger partial charge in [0.25, 0.3) is 5.91 Å². The average Bonchev–Trinajstić information content (AvgIpc) is 3.64. The summed E-state index contributed by atoms with van der Waals surface area (Å²) in [6, 6.07) is 9.49. The summed E-state index contributed by atoms with van der Waals surface area (Å²) < 4.78 is 50.3. The van der Waals surface area contributed by atoms with Crippen LogP contribution in [0, 0.1) is 0 Å². The third-order valence-corrected chi connectivity index (χ3v) is 5.43. The van der Waals surface area contributed by atoms with Gasteiger partial charge in [0.2, 0.25) is 5.91 Å². The number of amides is 2. The number of alkyl halides is 3. The number of carbonyl (C=O) groups excluding carboxylic acids is 2. The quantitative estimate of drug-likeness (QED) is 0.501. The van der Waals surface area contributed by atoms with Crippen molar-refractivity contribution >= 4 is 11.8 Å². The first kappa shape index (κ1) is 24.0. The molecular weight excluding hydrogens is 465 g/mol. The molecule has 1 saturated carbocycles. The maximum atomic E-state index is 13.4. The van der Waals surface area contributed by atoms with Crippen molar-refractivity contribution in [1.82, 2.24) is 20.6 Å². The van der Waals surface area contributed by atoms with Crippen molar-refractivity contribution < 1.29 is 32.2 Å². The summed E-state index contributed by atoms with van der Waals surface area (Å²) in [5.41, 5.74) is -1.07. The van der Waals surface area contributed by atoms with Crippen LogP contribution in [0.5, 0.6) is 17.2 Å². The van der Waals surface area contributed by atoms with Gasteiger partial charge in [-0.15, -0.1) is 0 Å². The van der Waals surface area contributed by atoms with Gasteiger partial charge in [0.15, 0.2) is 0 Å². The van der Waals surface area contributed by atoms with Gasteiger partial charge in [-0.25, -0.2) is 0 Å². The highest BCUT2D eigenvalue weighted by molar-refractivity contribution is 6.00. The van der Waals surface area contributed by atoms with E-state index in [0.717, 1.165) is 6.07 Å². The van der Waals surface area contributed by atoms with Crippen LogP contribution in [0.25, 0.3) is 0 Å². The molecule has 1 aliphatic rings. The van der Waals surface area contributed by atoms with E-state index in [1.807, 2.05) is 0 Å². The highest BCUT2D eigenvalue weighted by Gasteiger charge is 2.51. The molecule has 0 saturated heterocycles. The second kappa shape index (κ2) is 9.61. The first-order chi connectivity index (χ1) is 16.7. The number of nitrogens with zero attached hydrogens (tertiary/aromatic N) is 2. The van der Waals surface area contributed by atoms with Crippen molar-refractivity contribution in [2.45, 2.75) is 31.1 Å². The molecule has 0 spiro atoms. The summed E-state index contributed by atoms with van der Waals surface area (Å²) in [6.07, 6.45) is 0.647. The highest BCUT2D eigenvalue weighted by atomic mass is 19.4. The van der Waals surface area contributed by atoms with E-state index in [2.05, 4.69) is 20.6 Å². The van der Waals surface area contributed by atoms with Crippen molar-refractivity contribution in [1.29, 1.82) is 0 Å². The van der Waals surface area contributed by atoms with E-state index in [1.54, 1.807) is 12.1 Å². The van der Waals surface area contributed by atoms with E-state index in [0.29, 0.717) is 24.1 Å². The Labute approximate surface area is 198 Å². The fourth-order valence-corrected chi connectivity index (χ4v) is 3.32. The topological polar surface area (TPSA) is 102 Å². The molecule has 2 aromatic heterocycles. The van der Waals surface area contributed by atoms with Crippen LogP contribution in [0.1, 0.15) is 34.5 Å². The number of pyridine rings is 2. The molecule has 1 fully saturated rings. The number of nitrogens with one attached hydrogen (secondary N) is 2. The normalized spacial score (nSPS) is 14.1. The summed E-state index contributed by atoms with van der Waals surface area (Å²) in [6.45, 7) is 0.0718. The summed E-state index contributed by atoms with van der Waals surface area (Å²) in [5.74, 6) is -0.938. The molecule has 182 valence electrons. The lowest BCUT2D eigenvalue weighted by Crippen LogP contribution is -2.48. The Hall–Kier alpha value is -4.15.